The number of nitrogens with one attached hydrogen (secondary N) is 2. The number of carbonyl (C=O) groups excluding carboxylic acids is 2. The molecule has 0 bridgehead atoms. The summed E-state index contributed by atoms with van der Waals surface area (Å²) in [6.45, 7) is 5.75. The molecule has 0 saturated carbocycles. The molecular weight excluding hydrogens is 564 g/mol. The van der Waals surface area contributed by atoms with Crippen LogP contribution in [-0.4, -0.2) is 66.8 Å². The molecule has 3 atom stereocenters. The molecule has 0 aromatic heterocycles. The molecule has 3 aromatic carbocycles. The van der Waals surface area contributed by atoms with E-state index in [2.05, 4.69) is 29.7 Å². The van der Waals surface area contributed by atoms with Crippen LogP contribution < -0.4 is 10.6 Å². The second-order valence-electron chi connectivity index (χ2n) is 11.6. The maximum atomic E-state index is 14.0. The largest absolute Gasteiger partial charge is 0.390 e. The zero-order valence-electron chi connectivity index (χ0n) is 25.7. The molecule has 0 spiro atoms. The topological polar surface area (TPSA) is 90.9 Å². The highest BCUT2D eigenvalue weighted by Crippen LogP contribution is 2.24. The second kappa shape index (κ2) is 15.9. The van der Waals surface area contributed by atoms with E-state index in [4.69, 9.17) is 4.74 Å². The number of aliphatic hydroxyl groups excluding tert-OH is 1. The number of aryl methyl sites for hydroxylation is 2. The van der Waals surface area contributed by atoms with Crippen molar-refractivity contribution in [1.82, 2.24) is 15.5 Å². The quantitative estimate of drug-likeness (QED) is 0.241. The summed E-state index contributed by atoms with van der Waals surface area (Å²) in [6.07, 6.45) is 2.41. The van der Waals surface area contributed by atoms with Crippen molar-refractivity contribution in [3.63, 3.8) is 0 Å². The molecule has 236 valence electrons. The van der Waals surface area contributed by atoms with Crippen LogP contribution in [0.1, 0.15) is 69.2 Å². The van der Waals surface area contributed by atoms with Crippen LogP contribution in [0, 0.1) is 18.6 Å². The minimum absolute atomic E-state index is 0.00114. The summed E-state index contributed by atoms with van der Waals surface area (Å²) in [5, 5.41) is 17.3. The number of halogens is 2. The summed E-state index contributed by atoms with van der Waals surface area (Å²) < 4.78 is 33.2. The van der Waals surface area contributed by atoms with Crippen LogP contribution >= 0.6 is 0 Å². The first-order valence-corrected chi connectivity index (χ1v) is 15.3. The van der Waals surface area contributed by atoms with E-state index in [-0.39, 0.29) is 30.5 Å². The number of likely N-dealkylation sites (tertiary alicyclic amines) is 1. The average Bonchev–Trinajstić information content (AvgIpc) is 3.47. The Kier molecular flexibility index (Phi) is 12.0. The van der Waals surface area contributed by atoms with Crippen molar-refractivity contribution in [2.45, 2.75) is 70.7 Å². The van der Waals surface area contributed by atoms with Gasteiger partial charge in [-0.05, 0) is 91.6 Å². The van der Waals surface area contributed by atoms with Crippen LogP contribution in [0.4, 0.5) is 8.78 Å². The molecule has 0 radical (unpaired) electrons. The van der Waals surface area contributed by atoms with Gasteiger partial charge in [0.15, 0.2) is 0 Å². The van der Waals surface area contributed by atoms with E-state index in [1.165, 1.54) is 17.7 Å². The Morgan fingerprint density at radius 2 is 1.75 bits per heavy atom. The fraction of sp³-hybridized carbons (Fsp3) is 0.429. The summed E-state index contributed by atoms with van der Waals surface area (Å²) in [5.74, 6) is -2.09. The number of methoxy groups -OCH3 is 1. The van der Waals surface area contributed by atoms with Gasteiger partial charge in [-0.3, -0.25) is 9.59 Å². The predicted octanol–water partition coefficient (Wildman–Crippen LogP) is 4.97. The van der Waals surface area contributed by atoms with Gasteiger partial charge in [-0.15, -0.1) is 0 Å². The van der Waals surface area contributed by atoms with Crippen LogP contribution in [0.2, 0.25) is 0 Å². The molecule has 1 fully saturated rings. The Morgan fingerprint density at radius 3 is 2.48 bits per heavy atom. The van der Waals surface area contributed by atoms with Crippen molar-refractivity contribution in [3.8, 4) is 0 Å². The van der Waals surface area contributed by atoms with E-state index in [0.717, 1.165) is 42.9 Å². The van der Waals surface area contributed by atoms with E-state index in [1.54, 1.807) is 25.3 Å². The molecule has 4 rings (SSSR count). The third-order valence-electron chi connectivity index (χ3n) is 8.12. The zero-order chi connectivity index (χ0) is 31.6. The van der Waals surface area contributed by atoms with Crippen molar-refractivity contribution in [2.24, 2.45) is 0 Å². The van der Waals surface area contributed by atoms with Crippen molar-refractivity contribution in [1.29, 1.82) is 0 Å². The van der Waals surface area contributed by atoms with Crippen molar-refractivity contribution >= 4 is 11.8 Å². The summed E-state index contributed by atoms with van der Waals surface area (Å²) in [5.41, 5.74) is 4.00. The van der Waals surface area contributed by atoms with Gasteiger partial charge in [0.05, 0.1) is 12.1 Å². The molecule has 3 N–H and O–H groups in total. The number of ether oxygens (including phenoxy) is 1. The van der Waals surface area contributed by atoms with Gasteiger partial charge in [-0.2, -0.15) is 0 Å². The molecule has 9 heteroatoms. The van der Waals surface area contributed by atoms with E-state index in [0.29, 0.717) is 30.8 Å². The Balaban J connectivity index is 1.50. The Bertz CT molecular complexity index is 1410. The summed E-state index contributed by atoms with van der Waals surface area (Å²) in [6, 6.07) is 15.5. The van der Waals surface area contributed by atoms with Gasteiger partial charge >= 0.3 is 0 Å². The first-order chi connectivity index (χ1) is 21.2. The molecule has 44 heavy (non-hydrogen) atoms. The average molecular weight is 608 g/mol. The molecule has 1 saturated heterocycles. The smallest absolute Gasteiger partial charge is 0.254 e. The Morgan fingerprint density at radius 1 is 1.02 bits per heavy atom. The lowest BCUT2D eigenvalue weighted by molar-refractivity contribution is 0.0703. The minimum atomic E-state index is -1.07. The minimum Gasteiger partial charge on any atom is -0.390 e. The highest BCUT2D eigenvalue weighted by Gasteiger charge is 2.30. The third-order valence-corrected chi connectivity index (χ3v) is 8.12. The number of aliphatic hydroxyl groups is 1. The van der Waals surface area contributed by atoms with Gasteiger partial charge < -0.3 is 25.4 Å². The monoisotopic (exact) mass is 607 g/mol. The molecule has 3 aromatic rings. The van der Waals surface area contributed by atoms with E-state index < -0.39 is 29.7 Å². The lowest BCUT2D eigenvalue weighted by Crippen LogP contribution is -2.48. The highest BCUT2D eigenvalue weighted by atomic mass is 19.1. The van der Waals surface area contributed by atoms with E-state index >= 15 is 0 Å². The lowest BCUT2D eigenvalue weighted by Gasteiger charge is -2.26. The molecule has 7 nitrogen and oxygen atoms in total. The first-order valence-electron chi connectivity index (χ1n) is 15.3. The Labute approximate surface area is 258 Å². The number of carbonyl (C=O) groups is 2. The first kappa shape index (κ1) is 33.2. The van der Waals surface area contributed by atoms with Crippen LogP contribution in [0.25, 0.3) is 0 Å². The van der Waals surface area contributed by atoms with Crippen molar-refractivity contribution in [2.75, 3.05) is 26.8 Å². The summed E-state index contributed by atoms with van der Waals surface area (Å²) in [4.78, 5) is 28.9. The lowest BCUT2D eigenvalue weighted by atomic mass is 9.99. The van der Waals surface area contributed by atoms with Gasteiger partial charge in [0.1, 0.15) is 11.6 Å². The van der Waals surface area contributed by atoms with Crippen LogP contribution in [0.3, 0.4) is 0 Å². The summed E-state index contributed by atoms with van der Waals surface area (Å²) >= 11 is 0. The van der Waals surface area contributed by atoms with Crippen LogP contribution in [-0.2, 0) is 24.1 Å². The van der Waals surface area contributed by atoms with Gasteiger partial charge in [0.25, 0.3) is 11.8 Å². The van der Waals surface area contributed by atoms with Crippen LogP contribution in [0.15, 0.2) is 60.7 Å². The summed E-state index contributed by atoms with van der Waals surface area (Å²) in [7, 11) is 1.64. The Hall–Kier alpha value is -3.66. The normalized spacial score (nSPS) is 16.1. The second-order valence-corrected chi connectivity index (χ2v) is 11.6. The van der Waals surface area contributed by atoms with Gasteiger partial charge in [0.2, 0.25) is 0 Å². The number of rotatable bonds is 14. The van der Waals surface area contributed by atoms with Gasteiger partial charge in [0, 0.05) is 56.6 Å². The zero-order valence-corrected chi connectivity index (χ0v) is 25.7. The number of nitrogens with zero attached hydrogens (tertiary/aromatic N) is 1. The van der Waals surface area contributed by atoms with Gasteiger partial charge in [-0.25, -0.2) is 8.78 Å². The van der Waals surface area contributed by atoms with Crippen molar-refractivity contribution in [3.05, 3.63) is 106 Å². The molecule has 1 heterocycles. The predicted molar refractivity (Wildman–Crippen MR) is 167 cm³/mol. The van der Waals surface area contributed by atoms with Gasteiger partial charge in [-0.1, -0.05) is 31.2 Å². The molecule has 1 aliphatic rings. The maximum absolute atomic E-state index is 14.0. The highest BCUT2D eigenvalue weighted by molar-refractivity contribution is 6.00. The number of amides is 2. The third kappa shape index (κ3) is 9.17. The molecular formula is C35H43F2N3O4. The number of hydrogen-bond acceptors (Lipinski definition) is 5. The standard InChI is InChI=1S/C35H43F2N3O4/c1-4-24-7-5-8-25(15-24)21-38-22-33(41)32(18-26-16-29(36)20-30(37)17-26)39-34(42)27-13-23(2)14-28(19-27)35(43)40-11-6-9-31(40)10-12-44-3/h5,7-8,13-17,19-20,31-33,38,41H,4,6,9-12,18,21-22H2,1-3H3,(H,39,42)/t31-,32+,33-/m1/s1. The molecule has 0 unspecified atom stereocenters. The van der Waals surface area contributed by atoms with Crippen molar-refractivity contribution < 1.29 is 28.2 Å². The van der Waals surface area contributed by atoms with Crippen LogP contribution in [0.5, 0.6) is 0 Å². The number of benzene rings is 3. The SMILES string of the molecule is CCc1cccc(CNC[C@@H](O)[C@H](Cc2cc(F)cc(F)c2)NC(=O)c2cc(C)cc(C(=O)N3CCC[C@@H]3CCOC)c2)c1. The molecule has 2 amide bonds. The molecule has 0 aliphatic carbocycles. The number of hydrogen-bond donors (Lipinski definition) is 3. The fourth-order valence-electron chi connectivity index (χ4n) is 5.84. The van der Waals surface area contributed by atoms with E-state index in [9.17, 15) is 23.5 Å². The maximum Gasteiger partial charge on any atom is 0.254 e. The molecule has 1 aliphatic heterocycles. The van der Waals surface area contributed by atoms with E-state index in [1.807, 2.05) is 24.0 Å². The fourth-order valence-corrected chi connectivity index (χ4v) is 5.84.